The lowest BCUT2D eigenvalue weighted by Crippen LogP contribution is -2.41. The van der Waals surface area contributed by atoms with Crippen molar-refractivity contribution in [2.24, 2.45) is 0 Å². The van der Waals surface area contributed by atoms with Crippen LogP contribution < -0.4 is 9.64 Å². The molecule has 3 aromatic rings. The number of aromatic nitrogens is 1. The Morgan fingerprint density at radius 3 is 2.32 bits per heavy atom. The zero-order valence-electron chi connectivity index (χ0n) is 19.0. The van der Waals surface area contributed by atoms with E-state index in [1.54, 1.807) is 16.2 Å². The van der Waals surface area contributed by atoms with E-state index < -0.39 is 0 Å². The van der Waals surface area contributed by atoms with Crippen LogP contribution in [0.3, 0.4) is 0 Å². The first-order valence-corrected chi connectivity index (χ1v) is 11.3. The van der Waals surface area contributed by atoms with Crippen molar-refractivity contribution in [2.75, 3.05) is 37.7 Å². The Morgan fingerprint density at radius 2 is 1.68 bits per heavy atom. The molecular formula is C24H32ClN3O2S. The van der Waals surface area contributed by atoms with Crippen molar-refractivity contribution in [1.82, 2.24) is 9.88 Å². The quantitative estimate of drug-likeness (QED) is 0.428. The van der Waals surface area contributed by atoms with Crippen LogP contribution in [0, 0.1) is 20.8 Å². The van der Waals surface area contributed by atoms with Gasteiger partial charge >= 0.3 is 0 Å². The number of fused-ring (bicyclic) bond motifs is 1. The van der Waals surface area contributed by atoms with E-state index in [0.717, 1.165) is 46.1 Å². The van der Waals surface area contributed by atoms with Gasteiger partial charge < -0.3 is 9.64 Å². The molecule has 2 aromatic carbocycles. The van der Waals surface area contributed by atoms with Crippen LogP contribution in [0.5, 0.6) is 5.75 Å². The third kappa shape index (κ3) is 6.42. The van der Waals surface area contributed by atoms with Gasteiger partial charge in [-0.2, -0.15) is 0 Å². The molecule has 0 fully saturated rings. The summed E-state index contributed by atoms with van der Waals surface area (Å²) in [6.45, 7) is 13.8. The highest BCUT2D eigenvalue weighted by Crippen LogP contribution is 2.31. The number of hydrogen-bond donors (Lipinski definition) is 0. The van der Waals surface area contributed by atoms with Crippen LogP contribution in [-0.4, -0.2) is 48.6 Å². The van der Waals surface area contributed by atoms with Crippen LogP contribution in [0.15, 0.2) is 36.4 Å². The Bertz CT molecular complexity index is 1000. The largest absolute Gasteiger partial charge is 0.484 e. The molecule has 31 heavy (non-hydrogen) atoms. The highest BCUT2D eigenvalue weighted by Gasteiger charge is 2.21. The van der Waals surface area contributed by atoms with E-state index in [0.29, 0.717) is 12.3 Å². The summed E-state index contributed by atoms with van der Waals surface area (Å²) in [5.74, 6) is 0.629. The second-order valence-electron chi connectivity index (χ2n) is 7.60. The SMILES string of the molecule is CCN(CC)CCN(C(=O)COc1ccc(C)cc1)c1nc2c(C)cc(C)cc2s1.Cl. The molecule has 3 rings (SSSR count). The summed E-state index contributed by atoms with van der Waals surface area (Å²) in [5, 5.41) is 0.739. The van der Waals surface area contributed by atoms with Crippen LogP contribution >= 0.6 is 23.7 Å². The van der Waals surface area contributed by atoms with Gasteiger partial charge in [-0.25, -0.2) is 4.98 Å². The van der Waals surface area contributed by atoms with Gasteiger partial charge in [-0.05, 0) is 63.2 Å². The molecule has 0 aliphatic rings. The first-order chi connectivity index (χ1) is 14.4. The summed E-state index contributed by atoms with van der Waals surface area (Å²) < 4.78 is 6.89. The van der Waals surface area contributed by atoms with Crippen molar-refractivity contribution < 1.29 is 9.53 Å². The molecular weight excluding hydrogens is 430 g/mol. The molecule has 0 bridgehead atoms. The average Bonchev–Trinajstić information content (AvgIpc) is 3.14. The summed E-state index contributed by atoms with van der Waals surface area (Å²) in [4.78, 5) is 22.1. The number of amides is 1. The number of thiazole rings is 1. The molecule has 0 N–H and O–H groups in total. The molecule has 1 aromatic heterocycles. The number of rotatable bonds is 9. The molecule has 7 heteroatoms. The second kappa shape index (κ2) is 11.5. The van der Waals surface area contributed by atoms with E-state index >= 15 is 0 Å². The Balaban J connectivity index is 0.00000341. The summed E-state index contributed by atoms with van der Waals surface area (Å²) in [6, 6.07) is 12.0. The Labute approximate surface area is 195 Å². The number of carbonyl (C=O) groups is 1. The number of benzene rings is 2. The third-order valence-electron chi connectivity index (χ3n) is 5.27. The minimum Gasteiger partial charge on any atom is -0.484 e. The van der Waals surface area contributed by atoms with Gasteiger partial charge in [-0.1, -0.05) is 48.9 Å². The predicted molar refractivity (Wildman–Crippen MR) is 133 cm³/mol. The smallest absolute Gasteiger partial charge is 0.266 e. The minimum absolute atomic E-state index is 0. The summed E-state index contributed by atoms with van der Waals surface area (Å²) >= 11 is 1.57. The molecule has 0 aliphatic carbocycles. The number of hydrogen-bond acceptors (Lipinski definition) is 5. The van der Waals surface area contributed by atoms with Gasteiger partial charge in [-0.3, -0.25) is 9.69 Å². The maximum absolute atomic E-state index is 13.2. The third-order valence-corrected chi connectivity index (χ3v) is 6.29. The molecule has 0 unspecified atom stereocenters. The van der Waals surface area contributed by atoms with Gasteiger partial charge in [0, 0.05) is 13.1 Å². The summed E-state index contributed by atoms with van der Waals surface area (Å²) in [5.41, 5.74) is 4.48. The van der Waals surface area contributed by atoms with E-state index in [9.17, 15) is 4.79 Å². The fourth-order valence-electron chi connectivity index (χ4n) is 3.44. The van der Waals surface area contributed by atoms with Crippen LogP contribution in [0.4, 0.5) is 5.13 Å². The number of nitrogens with zero attached hydrogens (tertiary/aromatic N) is 3. The van der Waals surface area contributed by atoms with Crippen molar-refractivity contribution >= 4 is 45.0 Å². The highest BCUT2D eigenvalue weighted by molar-refractivity contribution is 7.22. The Morgan fingerprint density at radius 1 is 1.00 bits per heavy atom. The molecule has 1 heterocycles. The fraction of sp³-hybridized carbons (Fsp3) is 0.417. The van der Waals surface area contributed by atoms with E-state index in [1.807, 2.05) is 31.2 Å². The fourth-order valence-corrected chi connectivity index (χ4v) is 4.63. The van der Waals surface area contributed by atoms with Gasteiger partial charge in [0.25, 0.3) is 5.91 Å². The number of anilines is 1. The number of halogens is 1. The number of likely N-dealkylation sites (N-methyl/N-ethyl adjacent to an activating group) is 1. The van der Waals surface area contributed by atoms with Crippen LogP contribution in [-0.2, 0) is 4.79 Å². The monoisotopic (exact) mass is 461 g/mol. The van der Waals surface area contributed by atoms with Crippen molar-refractivity contribution in [3.63, 3.8) is 0 Å². The topological polar surface area (TPSA) is 45.7 Å². The zero-order valence-corrected chi connectivity index (χ0v) is 20.6. The Hall–Kier alpha value is -2.15. The summed E-state index contributed by atoms with van der Waals surface area (Å²) in [7, 11) is 0. The molecule has 1 amide bonds. The predicted octanol–water partition coefficient (Wildman–Crippen LogP) is 5.40. The zero-order chi connectivity index (χ0) is 21.7. The number of aryl methyl sites for hydroxylation is 3. The van der Waals surface area contributed by atoms with Gasteiger partial charge in [0.2, 0.25) is 0 Å². The van der Waals surface area contributed by atoms with Crippen molar-refractivity contribution in [3.05, 3.63) is 53.1 Å². The molecule has 168 valence electrons. The first-order valence-electron chi connectivity index (χ1n) is 10.5. The average molecular weight is 462 g/mol. The van der Waals surface area contributed by atoms with Crippen molar-refractivity contribution in [2.45, 2.75) is 34.6 Å². The Kier molecular flexibility index (Phi) is 9.29. The van der Waals surface area contributed by atoms with Gasteiger partial charge in [0.05, 0.1) is 10.2 Å². The van der Waals surface area contributed by atoms with E-state index in [-0.39, 0.29) is 24.9 Å². The van der Waals surface area contributed by atoms with Crippen LogP contribution in [0.25, 0.3) is 10.2 Å². The molecule has 0 atom stereocenters. The normalized spacial score (nSPS) is 10.9. The van der Waals surface area contributed by atoms with Crippen molar-refractivity contribution in [3.8, 4) is 5.75 Å². The van der Waals surface area contributed by atoms with Gasteiger partial charge in [0.1, 0.15) is 5.75 Å². The maximum atomic E-state index is 13.2. The van der Waals surface area contributed by atoms with Crippen LogP contribution in [0.1, 0.15) is 30.5 Å². The standard InChI is InChI=1S/C24H31N3O2S.ClH/c1-6-26(7-2)12-13-27(22(28)16-29-20-10-8-17(3)9-11-20)24-25-23-19(5)14-18(4)15-21(23)30-24;/h8-11,14-15H,6-7,12-13,16H2,1-5H3;1H. The lowest BCUT2D eigenvalue weighted by molar-refractivity contribution is -0.120. The highest BCUT2D eigenvalue weighted by atomic mass is 35.5. The lowest BCUT2D eigenvalue weighted by Gasteiger charge is -2.24. The molecule has 0 spiro atoms. The molecule has 5 nitrogen and oxygen atoms in total. The lowest BCUT2D eigenvalue weighted by atomic mass is 10.1. The minimum atomic E-state index is -0.0730. The molecule has 0 radical (unpaired) electrons. The molecule has 0 aliphatic heterocycles. The van der Waals surface area contributed by atoms with E-state index in [1.165, 1.54) is 5.56 Å². The first kappa shape index (κ1) is 25.1. The maximum Gasteiger partial charge on any atom is 0.266 e. The number of carbonyl (C=O) groups excluding carboxylic acids is 1. The number of ether oxygens (including phenoxy) is 1. The molecule has 0 saturated carbocycles. The van der Waals surface area contributed by atoms with E-state index in [4.69, 9.17) is 9.72 Å². The van der Waals surface area contributed by atoms with E-state index in [2.05, 4.69) is 44.7 Å². The van der Waals surface area contributed by atoms with Gasteiger partial charge in [0.15, 0.2) is 11.7 Å². The van der Waals surface area contributed by atoms with Crippen LogP contribution in [0.2, 0.25) is 0 Å². The second-order valence-corrected chi connectivity index (χ2v) is 8.61. The van der Waals surface area contributed by atoms with Crippen molar-refractivity contribution in [1.29, 1.82) is 0 Å². The van der Waals surface area contributed by atoms with Gasteiger partial charge in [-0.15, -0.1) is 12.4 Å². The summed E-state index contributed by atoms with van der Waals surface area (Å²) in [6.07, 6.45) is 0. The molecule has 0 saturated heterocycles.